The van der Waals surface area contributed by atoms with Crippen molar-refractivity contribution in [3.8, 4) is 11.5 Å². The fraction of sp³-hybridized carbons (Fsp3) is 0.143. The largest absolute Gasteiger partial charge is 0.508 e. The summed E-state index contributed by atoms with van der Waals surface area (Å²) in [4.78, 5) is 49.1. The van der Waals surface area contributed by atoms with Crippen molar-refractivity contribution in [2.45, 2.75) is 38.5 Å². The Morgan fingerprint density at radius 1 is 0.560 bits per heavy atom. The lowest BCUT2D eigenvalue weighted by molar-refractivity contribution is -0.121. The molecule has 0 bridgehead atoms. The Kier molecular flexibility index (Phi) is 10.4. The van der Waals surface area contributed by atoms with Gasteiger partial charge in [0.15, 0.2) is 0 Å². The first-order valence-corrected chi connectivity index (χ1v) is 16.1. The number of amides is 4. The van der Waals surface area contributed by atoms with Gasteiger partial charge in [-0.05, 0) is 89.0 Å². The maximum Gasteiger partial charge on any atom is 0.258 e. The Morgan fingerprint density at radius 2 is 0.900 bits per heavy atom. The minimum atomic E-state index is -0.344. The molecule has 6 rings (SSSR count). The van der Waals surface area contributed by atoms with Crippen LogP contribution in [-0.4, -0.2) is 33.8 Å². The summed E-state index contributed by atoms with van der Waals surface area (Å²) in [5.74, 6) is -0.787. The molecule has 50 heavy (non-hydrogen) atoms. The highest BCUT2D eigenvalue weighted by Crippen LogP contribution is 2.36. The molecule has 8 nitrogen and oxygen atoms in total. The molecule has 0 radical (unpaired) electrons. The van der Waals surface area contributed by atoms with Crippen LogP contribution in [0.2, 0.25) is 0 Å². The van der Waals surface area contributed by atoms with Crippen LogP contribution in [0.5, 0.6) is 11.5 Å². The molecule has 0 saturated carbocycles. The van der Waals surface area contributed by atoms with E-state index in [2.05, 4.69) is 27.0 Å². The molecule has 0 unspecified atom stereocenters. The molecule has 2 N–H and O–H groups in total. The van der Waals surface area contributed by atoms with Crippen molar-refractivity contribution in [3.63, 3.8) is 0 Å². The van der Waals surface area contributed by atoms with Crippen molar-refractivity contribution in [1.29, 1.82) is 0 Å². The van der Waals surface area contributed by atoms with Gasteiger partial charge in [0.05, 0.1) is 11.4 Å². The van der Waals surface area contributed by atoms with Gasteiger partial charge in [0.25, 0.3) is 23.6 Å². The molecule has 4 amide bonds. The topological polar surface area (TPSA) is 115 Å². The number of carbonyl (C=O) groups is 4. The van der Waals surface area contributed by atoms with Gasteiger partial charge in [-0.2, -0.15) is 0 Å². The van der Waals surface area contributed by atoms with Crippen LogP contribution in [0.15, 0.2) is 135 Å². The van der Waals surface area contributed by atoms with E-state index in [0.29, 0.717) is 42.1 Å². The van der Waals surface area contributed by atoms with E-state index in [1.54, 1.807) is 48.6 Å². The predicted molar refractivity (Wildman–Crippen MR) is 195 cm³/mol. The zero-order valence-corrected chi connectivity index (χ0v) is 28.0. The van der Waals surface area contributed by atoms with E-state index in [-0.39, 0.29) is 29.0 Å². The SMILES string of the molecule is C=CCc1cc(C(C)(C)c2ccc(O)c(CC=C)c2)ccc1O.O=C1C=CC(=O)N1c1ccc(Cc2ccc(N3C(=O)C=CC3=O)cc2)cc1. The van der Waals surface area contributed by atoms with Crippen molar-refractivity contribution in [1.82, 2.24) is 0 Å². The van der Waals surface area contributed by atoms with Gasteiger partial charge < -0.3 is 10.2 Å². The smallest absolute Gasteiger partial charge is 0.258 e. The van der Waals surface area contributed by atoms with E-state index >= 15 is 0 Å². The quantitative estimate of drug-likeness (QED) is 0.139. The van der Waals surface area contributed by atoms with Gasteiger partial charge in [-0.1, -0.05) is 74.5 Å². The minimum Gasteiger partial charge on any atom is -0.508 e. The monoisotopic (exact) mass is 666 g/mol. The molecule has 0 fully saturated rings. The minimum absolute atomic E-state index is 0.243. The maximum atomic E-state index is 11.7. The lowest BCUT2D eigenvalue weighted by atomic mass is 9.77. The summed E-state index contributed by atoms with van der Waals surface area (Å²) in [6.45, 7) is 11.8. The first-order valence-electron chi connectivity index (χ1n) is 16.1. The number of phenolic OH excluding ortho intramolecular Hbond substituents is 2. The van der Waals surface area contributed by atoms with Crippen molar-refractivity contribution in [2.24, 2.45) is 0 Å². The van der Waals surface area contributed by atoms with Gasteiger partial charge in [-0.25, -0.2) is 9.80 Å². The summed E-state index contributed by atoms with van der Waals surface area (Å²) < 4.78 is 0. The Hall–Kier alpha value is -6.28. The van der Waals surface area contributed by atoms with Crippen molar-refractivity contribution < 1.29 is 29.4 Å². The van der Waals surface area contributed by atoms with E-state index < -0.39 is 0 Å². The Morgan fingerprint density at radius 3 is 1.22 bits per heavy atom. The summed E-state index contributed by atoms with van der Waals surface area (Å²) >= 11 is 0. The molecule has 4 aromatic rings. The number of anilines is 2. The average Bonchev–Trinajstić information content (AvgIpc) is 3.62. The van der Waals surface area contributed by atoms with Gasteiger partial charge in [-0.3, -0.25) is 19.2 Å². The third-order valence-electron chi connectivity index (χ3n) is 8.75. The van der Waals surface area contributed by atoms with Crippen LogP contribution in [0.3, 0.4) is 0 Å². The van der Waals surface area contributed by atoms with Crippen LogP contribution in [-0.2, 0) is 43.9 Å². The number of allylic oxidation sites excluding steroid dienone is 2. The summed E-state index contributed by atoms with van der Waals surface area (Å²) in [5, 5.41) is 19.9. The average molecular weight is 667 g/mol. The summed E-state index contributed by atoms with van der Waals surface area (Å²) in [7, 11) is 0. The summed E-state index contributed by atoms with van der Waals surface area (Å²) in [6, 6.07) is 25.8. The highest BCUT2D eigenvalue weighted by atomic mass is 16.3. The van der Waals surface area contributed by atoms with Gasteiger partial charge in [-0.15, -0.1) is 13.2 Å². The zero-order chi connectivity index (χ0) is 36.0. The number of benzene rings is 4. The number of hydrogen-bond acceptors (Lipinski definition) is 6. The summed E-state index contributed by atoms with van der Waals surface area (Å²) in [6.07, 6.45) is 10.5. The second-order valence-corrected chi connectivity index (χ2v) is 12.5. The van der Waals surface area contributed by atoms with Gasteiger partial charge in [0, 0.05) is 29.7 Å². The molecular formula is C42H38N2O6. The molecule has 4 aromatic carbocycles. The lowest BCUT2D eigenvalue weighted by Gasteiger charge is -2.27. The lowest BCUT2D eigenvalue weighted by Crippen LogP contribution is -2.29. The van der Waals surface area contributed by atoms with Crippen LogP contribution in [0.1, 0.15) is 47.2 Å². The fourth-order valence-electron chi connectivity index (χ4n) is 5.82. The van der Waals surface area contributed by atoms with Gasteiger partial charge in [0.1, 0.15) is 11.5 Å². The number of carbonyl (C=O) groups excluding carboxylic acids is 4. The molecule has 2 heterocycles. The molecule has 2 aliphatic heterocycles. The molecule has 8 heteroatoms. The van der Waals surface area contributed by atoms with Crippen LogP contribution >= 0.6 is 0 Å². The van der Waals surface area contributed by atoms with E-state index in [9.17, 15) is 29.4 Å². The second kappa shape index (κ2) is 14.9. The zero-order valence-electron chi connectivity index (χ0n) is 28.0. The summed E-state index contributed by atoms with van der Waals surface area (Å²) in [5.41, 5.74) is 6.81. The number of nitrogens with zero attached hydrogens (tertiary/aromatic N) is 2. The van der Waals surface area contributed by atoms with E-state index in [4.69, 9.17) is 0 Å². The molecule has 252 valence electrons. The van der Waals surface area contributed by atoms with Crippen LogP contribution in [0.25, 0.3) is 0 Å². The molecule has 0 spiro atoms. The van der Waals surface area contributed by atoms with Crippen LogP contribution < -0.4 is 9.80 Å². The number of phenols is 2. The van der Waals surface area contributed by atoms with Crippen molar-refractivity contribution in [3.05, 3.63) is 168 Å². The van der Waals surface area contributed by atoms with E-state index in [0.717, 1.165) is 43.2 Å². The highest BCUT2D eigenvalue weighted by Gasteiger charge is 2.27. The number of aromatic hydroxyl groups is 2. The Balaban J connectivity index is 0.000000197. The number of rotatable bonds is 10. The maximum absolute atomic E-state index is 11.7. The first kappa shape index (κ1) is 35.0. The predicted octanol–water partition coefficient (Wildman–Crippen LogP) is 7.02. The van der Waals surface area contributed by atoms with E-state index in [1.165, 1.54) is 24.3 Å². The number of hydrogen-bond donors (Lipinski definition) is 2. The fourth-order valence-corrected chi connectivity index (χ4v) is 5.82. The Labute approximate surface area is 291 Å². The van der Waals surface area contributed by atoms with Crippen LogP contribution in [0, 0.1) is 0 Å². The van der Waals surface area contributed by atoms with Crippen LogP contribution in [0.4, 0.5) is 11.4 Å². The highest BCUT2D eigenvalue weighted by molar-refractivity contribution is 6.28. The molecule has 0 aromatic heterocycles. The van der Waals surface area contributed by atoms with Gasteiger partial charge >= 0.3 is 0 Å². The van der Waals surface area contributed by atoms with E-state index in [1.807, 2.05) is 48.5 Å². The van der Waals surface area contributed by atoms with Gasteiger partial charge in [0.2, 0.25) is 0 Å². The Bertz CT molecular complexity index is 1860. The third-order valence-corrected chi connectivity index (χ3v) is 8.75. The first-order chi connectivity index (χ1) is 23.9. The van der Waals surface area contributed by atoms with Crippen molar-refractivity contribution in [2.75, 3.05) is 9.80 Å². The normalized spacial score (nSPS) is 13.9. The molecular weight excluding hydrogens is 628 g/mol. The third kappa shape index (κ3) is 7.55. The number of imide groups is 2. The van der Waals surface area contributed by atoms with Crippen molar-refractivity contribution >= 4 is 35.0 Å². The molecule has 0 aliphatic carbocycles. The molecule has 2 aliphatic rings. The second-order valence-electron chi connectivity index (χ2n) is 12.5. The molecule has 0 saturated heterocycles. The molecule has 0 atom stereocenters. The standard InChI is InChI=1S/C21H14N2O4.C21H24O2/c24-18-9-10-19(25)22(18)16-5-1-14(2-6-16)13-15-3-7-17(8-4-15)23-20(26)11-12-21(23)27;1-5-7-15-13-17(9-11-19(15)22)21(3,4)18-10-12-20(23)16(14-18)8-6-2/h1-12H,13H2;5-6,9-14,22-23H,1-2,7-8H2,3-4H3.